The molecule has 0 bridgehead atoms. The molecule has 0 saturated carbocycles. The van der Waals surface area contributed by atoms with Crippen molar-refractivity contribution in [1.29, 1.82) is 0 Å². The zero-order valence-corrected chi connectivity index (χ0v) is 13.4. The fourth-order valence-electron chi connectivity index (χ4n) is 2.26. The maximum atomic E-state index is 5.95. The van der Waals surface area contributed by atoms with Crippen LogP contribution in [-0.4, -0.2) is 0 Å². The molecule has 0 radical (unpaired) electrons. The summed E-state index contributed by atoms with van der Waals surface area (Å²) >= 11 is 0. The Hall–Kier alpha value is -1.80. The van der Waals surface area contributed by atoms with Crippen LogP contribution in [0.1, 0.15) is 43.0 Å². The van der Waals surface area contributed by atoms with E-state index in [1.807, 2.05) is 6.07 Å². The van der Waals surface area contributed by atoms with Gasteiger partial charge in [0.05, 0.1) is 0 Å². The van der Waals surface area contributed by atoms with Crippen LogP contribution in [-0.2, 0) is 18.6 Å². The SMILES string of the molecule is Cc1cc(CN)ccc1COc1cccc(C(C)(C)C)c1. The zero-order chi connectivity index (χ0) is 15.5. The van der Waals surface area contributed by atoms with Crippen molar-refractivity contribution in [3.8, 4) is 5.75 Å². The summed E-state index contributed by atoms with van der Waals surface area (Å²) in [5.74, 6) is 0.921. The molecular weight excluding hydrogens is 258 g/mol. The highest BCUT2D eigenvalue weighted by molar-refractivity contribution is 5.34. The molecule has 0 unspecified atom stereocenters. The molecule has 2 heteroatoms. The van der Waals surface area contributed by atoms with Gasteiger partial charge in [0.2, 0.25) is 0 Å². The minimum atomic E-state index is 0.137. The minimum absolute atomic E-state index is 0.137. The molecule has 21 heavy (non-hydrogen) atoms. The highest BCUT2D eigenvalue weighted by Gasteiger charge is 2.14. The number of hydrogen-bond donors (Lipinski definition) is 1. The van der Waals surface area contributed by atoms with Crippen molar-refractivity contribution >= 4 is 0 Å². The first-order valence-electron chi connectivity index (χ1n) is 7.42. The fourth-order valence-corrected chi connectivity index (χ4v) is 2.26. The molecule has 2 nitrogen and oxygen atoms in total. The number of benzene rings is 2. The Balaban J connectivity index is 2.10. The molecule has 0 aliphatic rings. The van der Waals surface area contributed by atoms with E-state index in [1.165, 1.54) is 16.7 Å². The molecule has 112 valence electrons. The second-order valence-corrected chi connectivity index (χ2v) is 6.53. The van der Waals surface area contributed by atoms with E-state index in [9.17, 15) is 0 Å². The molecule has 2 aromatic carbocycles. The monoisotopic (exact) mass is 283 g/mol. The van der Waals surface area contributed by atoms with Gasteiger partial charge in [-0.2, -0.15) is 0 Å². The van der Waals surface area contributed by atoms with Gasteiger partial charge in [0.15, 0.2) is 0 Å². The summed E-state index contributed by atoms with van der Waals surface area (Å²) in [4.78, 5) is 0. The Bertz CT molecular complexity index is 611. The third-order valence-corrected chi connectivity index (χ3v) is 3.74. The molecule has 0 fully saturated rings. The second-order valence-electron chi connectivity index (χ2n) is 6.53. The van der Waals surface area contributed by atoms with E-state index in [4.69, 9.17) is 10.5 Å². The number of rotatable bonds is 4. The van der Waals surface area contributed by atoms with Gasteiger partial charge in [0.1, 0.15) is 12.4 Å². The lowest BCUT2D eigenvalue weighted by atomic mass is 9.87. The molecule has 2 rings (SSSR count). The average Bonchev–Trinajstić information content (AvgIpc) is 2.45. The van der Waals surface area contributed by atoms with Crippen LogP contribution in [0.5, 0.6) is 5.75 Å². The van der Waals surface area contributed by atoms with Crippen LogP contribution in [0, 0.1) is 6.92 Å². The number of aryl methyl sites for hydroxylation is 1. The Morgan fingerprint density at radius 3 is 2.43 bits per heavy atom. The standard InChI is InChI=1S/C19H25NO/c1-14-10-15(12-20)8-9-16(14)13-21-18-7-5-6-17(11-18)19(2,3)4/h5-11H,12-13,20H2,1-4H3. The van der Waals surface area contributed by atoms with Crippen LogP contribution in [0.3, 0.4) is 0 Å². The molecule has 2 N–H and O–H groups in total. The lowest BCUT2D eigenvalue weighted by molar-refractivity contribution is 0.304. The quantitative estimate of drug-likeness (QED) is 0.906. The normalized spacial score (nSPS) is 11.5. The predicted molar refractivity (Wildman–Crippen MR) is 88.5 cm³/mol. The smallest absolute Gasteiger partial charge is 0.120 e. The number of nitrogens with two attached hydrogens (primary N) is 1. The van der Waals surface area contributed by atoms with E-state index in [2.05, 4.69) is 64.1 Å². The van der Waals surface area contributed by atoms with Crippen molar-refractivity contribution in [2.45, 2.75) is 46.3 Å². The zero-order valence-electron chi connectivity index (χ0n) is 13.4. The summed E-state index contributed by atoms with van der Waals surface area (Å²) in [6.45, 7) is 9.90. The fraction of sp³-hybridized carbons (Fsp3) is 0.368. The lowest BCUT2D eigenvalue weighted by Gasteiger charge is -2.20. The Kier molecular flexibility index (Phi) is 4.69. The highest BCUT2D eigenvalue weighted by atomic mass is 16.5. The van der Waals surface area contributed by atoms with Crippen molar-refractivity contribution in [1.82, 2.24) is 0 Å². The van der Waals surface area contributed by atoms with Crippen LogP contribution in [0.15, 0.2) is 42.5 Å². The van der Waals surface area contributed by atoms with Gasteiger partial charge in [-0.25, -0.2) is 0 Å². The van der Waals surface area contributed by atoms with E-state index < -0.39 is 0 Å². The van der Waals surface area contributed by atoms with Gasteiger partial charge in [0, 0.05) is 6.54 Å². The third-order valence-electron chi connectivity index (χ3n) is 3.74. The van der Waals surface area contributed by atoms with Crippen LogP contribution < -0.4 is 10.5 Å². The van der Waals surface area contributed by atoms with Gasteiger partial charge in [-0.05, 0) is 46.7 Å². The van der Waals surface area contributed by atoms with Gasteiger partial charge >= 0.3 is 0 Å². The summed E-state index contributed by atoms with van der Waals surface area (Å²) in [7, 11) is 0. The van der Waals surface area contributed by atoms with E-state index in [1.54, 1.807) is 0 Å². The number of ether oxygens (including phenoxy) is 1. The Labute approximate surface area is 127 Å². The van der Waals surface area contributed by atoms with Crippen molar-refractivity contribution in [2.75, 3.05) is 0 Å². The van der Waals surface area contributed by atoms with Gasteiger partial charge in [0.25, 0.3) is 0 Å². The predicted octanol–water partition coefficient (Wildman–Crippen LogP) is 4.33. The summed E-state index contributed by atoms with van der Waals surface area (Å²) in [6, 6.07) is 14.6. The van der Waals surface area contributed by atoms with Gasteiger partial charge in [-0.3, -0.25) is 0 Å². The van der Waals surface area contributed by atoms with Crippen LogP contribution in [0.4, 0.5) is 0 Å². The largest absolute Gasteiger partial charge is 0.489 e. The van der Waals surface area contributed by atoms with Crippen molar-refractivity contribution in [3.63, 3.8) is 0 Å². The van der Waals surface area contributed by atoms with E-state index in [0.717, 1.165) is 11.3 Å². The topological polar surface area (TPSA) is 35.2 Å². The van der Waals surface area contributed by atoms with Crippen molar-refractivity contribution in [3.05, 3.63) is 64.7 Å². The first kappa shape index (κ1) is 15.6. The lowest BCUT2D eigenvalue weighted by Crippen LogP contribution is -2.11. The minimum Gasteiger partial charge on any atom is -0.489 e. The molecule has 0 amide bonds. The first-order valence-corrected chi connectivity index (χ1v) is 7.42. The Morgan fingerprint density at radius 2 is 1.81 bits per heavy atom. The summed E-state index contributed by atoms with van der Waals surface area (Å²) < 4.78 is 5.95. The van der Waals surface area contributed by atoms with Gasteiger partial charge in [-0.1, -0.05) is 51.1 Å². The van der Waals surface area contributed by atoms with Crippen LogP contribution in [0.2, 0.25) is 0 Å². The average molecular weight is 283 g/mol. The maximum absolute atomic E-state index is 5.95. The molecular formula is C19H25NO. The van der Waals surface area contributed by atoms with E-state index in [0.29, 0.717) is 13.2 Å². The van der Waals surface area contributed by atoms with Crippen LogP contribution >= 0.6 is 0 Å². The molecule has 2 aromatic rings. The van der Waals surface area contributed by atoms with E-state index >= 15 is 0 Å². The molecule has 0 atom stereocenters. The summed E-state index contributed by atoms with van der Waals surface area (Å²) in [5, 5.41) is 0. The Morgan fingerprint density at radius 1 is 1.05 bits per heavy atom. The first-order chi connectivity index (χ1) is 9.90. The summed E-state index contributed by atoms with van der Waals surface area (Å²) in [6.07, 6.45) is 0. The molecule has 0 aromatic heterocycles. The van der Waals surface area contributed by atoms with Crippen molar-refractivity contribution in [2.24, 2.45) is 5.73 Å². The van der Waals surface area contributed by atoms with Gasteiger partial charge < -0.3 is 10.5 Å². The molecule has 0 saturated heterocycles. The number of hydrogen-bond acceptors (Lipinski definition) is 2. The maximum Gasteiger partial charge on any atom is 0.120 e. The molecule has 0 heterocycles. The molecule has 0 spiro atoms. The van der Waals surface area contributed by atoms with E-state index in [-0.39, 0.29) is 5.41 Å². The van der Waals surface area contributed by atoms with Crippen LogP contribution in [0.25, 0.3) is 0 Å². The van der Waals surface area contributed by atoms with Crippen molar-refractivity contribution < 1.29 is 4.74 Å². The summed E-state index contributed by atoms with van der Waals surface area (Å²) in [5.41, 5.74) is 10.7. The highest BCUT2D eigenvalue weighted by Crippen LogP contribution is 2.26. The molecule has 0 aliphatic heterocycles. The third kappa shape index (κ3) is 4.08. The molecule has 0 aliphatic carbocycles. The van der Waals surface area contributed by atoms with Gasteiger partial charge in [-0.15, -0.1) is 0 Å². The second kappa shape index (κ2) is 6.31.